The topological polar surface area (TPSA) is 97.8 Å². The molecule has 10 heteroatoms. The number of nitrogens with one attached hydrogen (secondary N) is 1. The number of anilines is 2. The lowest BCUT2D eigenvalue weighted by Crippen LogP contribution is -2.17. The van der Waals surface area contributed by atoms with Crippen molar-refractivity contribution >= 4 is 34.2 Å². The second-order valence-electron chi connectivity index (χ2n) is 5.97. The summed E-state index contributed by atoms with van der Waals surface area (Å²) in [5, 5.41) is 12.4. The van der Waals surface area contributed by atoms with Gasteiger partial charge in [0.15, 0.2) is 0 Å². The van der Waals surface area contributed by atoms with Crippen LogP contribution in [0.4, 0.5) is 24.5 Å². The molecule has 0 unspecified atom stereocenters. The summed E-state index contributed by atoms with van der Waals surface area (Å²) in [5.41, 5.74) is 0.256. The van der Waals surface area contributed by atoms with E-state index in [0.29, 0.717) is 0 Å². The van der Waals surface area contributed by atoms with Gasteiger partial charge in [-0.25, -0.2) is 9.59 Å². The van der Waals surface area contributed by atoms with Crippen molar-refractivity contribution in [3.05, 3.63) is 59.8 Å². The second-order valence-corrected chi connectivity index (χ2v) is 5.97. The van der Waals surface area contributed by atoms with Crippen molar-refractivity contribution in [2.45, 2.75) is 13.3 Å². The number of ether oxygens (including phenoxy) is 2. The monoisotopic (exact) mass is 420 g/mol. The molecular formula is C20H15F3N2O5. The maximum absolute atomic E-state index is 12.6. The molecule has 0 amide bonds. The number of benzene rings is 2. The van der Waals surface area contributed by atoms with E-state index in [1.807, 2.05) is 0 Å². The number of hydrogen-bond acceptors (Lipinski definition) is 6. The Morgan fingerprint density at radius 1 is 1.13 bits per heavy atom. The van der Waals surface area contributed by atoms with E-state index in [-0.39, 0.29) is 40.0 Å². The molecule has 0 aliphatic rings. The van der Waals surface area contributed by atoms with Crippen LogP contribution in [0.15, 0.2) is 48.7 Å². The van der Waals surface area contributed by atoms with Crippen molar-refractivity contribution < 1.29 is 37.3 Å². The largest absolute Gasteiger partial charge is 0.573 e. The molecule has 2 N–H and O–H groups in total. The first-order valence-electron chi connectivity index (χ1n) is 8.64. The van der Waals surface area contributed by atoms with Crippen molar-refractivity contribution in [1.82, 2.24) is 4.98 Å². The third-order valence-corrected chi connectivity index (χ3v) is 3.99. The normalized spacial score (nSPS) is 11.2. The minimum Gasteiger partial charge on any atom is -0.478 e. The lowest BCUT2D eigenvalue weighted by atomic mass is 10.1. The molecule has 0 spiro atoms. The highest BCUT2D eigenvalue weighted by Crippen LogP contribution is 2.34. The number of hydrogen-bond donors (Lipinski definition) is 2. The number of para-hydroxylation sites is 1. The SMILES string of the molecule is CCOC(=O)c1cnc2ccc(OC(F)(F)F)cc2c1Nc1ccccc1C(=O)O. The maximum atomic E-state index is 12.6. The molecule has 0 radical (unpaired) electrons. The number of carboxylic acid groups (broad SMARTS) is 1. The average Bonchev–Trinajstić information content (AvgIpc) is 2.67. The van der Waals surface area contributed by atoms with Gasteiger partial charge < -0.3 is 19.9 Å². The van der Waals surface area contributed by atoms with Crippen LogP contribution in [0.3, 0.4) is 0 Å². The molecule has 0 bridgehead atoms. The number of esters is 1. The average molecular weight is 420 g/mol. The second kappa shape index (κ2) is 8.27. The number of carbonyl (C=O) groups excluding carboxylic acids is 1. The highest BCUT2D eigenvalue weighted by molar-refractivity contribution is 6.07. The number of rotatable bonds is 6. The van der Waals surface area contributed by atoms with Gasteiger partial charge in [0.2, 0.25) is 0 Å². The quantitative estimate of drug-likeness (QED) is 0.555. The summed E-state index contributed by atoms with van der Waals surface area (Å²) in [4.78, 5) is 28.0. The van der Waals surface area contributed by atoms with Crippen LogP contribution in [0.2, 0.25) is 0 Å². The van der Waals surface area contributed by atoms with Crippen molar-refractivity contribution in [3.63, 3.8) is 0 Å². The first-order valence-corrected chi connectivity index (χ1v) is 8.64. The molecule has 7 nitrogen and oxygen atoms in total. The van der Waals surface area contributed by atoms with Crippen LogP contribution in [0.1, 0.15) is 27.6 Å². The molecular weight excluding hydrogens is 405 g/mol. The smallest absolute Gasteiger partial charge is 0.478 e. The van der Waals surface area contributed by atoms with Gasteiger partial charge in [-0.05, 0) is 37.3 Å². The molecule has 3 aromatic rings. The van der Waals surface area contributed by atoms with Gasteiger partial charge in [-0.2, -0.15) is 0 Å². The number of aromatic nitrogens is 1. The van der Waals surface area contributed by atoms with Crippen molar-refractivity contribution in [1.29, 1.82) is 0 Å². The summed E-state index contributed by atoms with van der Waals surface area (Å²) < 4.78 is 46.9. The van der Waals surface area contributed by atoms with Gasteiger partial charge in [0.05, 0.1) is 29.1 Å². The fourth-order valence-corrected chi connectivity index (χ4v) is 2.78. The Morgan fingerprint density at radius 2 is 1.87 bits per heavy atom. The van der Waals surface area contributed by atoms with Crippen LogP contribution < -0.4 is 10.1 Å². The van der Waals surface area contributed by atoms with E-state index in [4.69, 9.17) is 4.74 Å². The standard InChI is InChI=1S/C20H15F3N2O5/c1-2-29-19(28)14-10-24-15-8-7-11(30-20(21,22)23)9-13(15)17(14)25-16-6-4-3-5-12(16)18(26)27/h3-10H,2H2,1H3,(H,24,25)(H,26,27). The third kappa shape index (κ3) is 4.59. The van der Waals surface area contributed by atoms with E-state index < -0.39 is 24.1 Å². The van der Waals surface area contributed by atoms with Crippen molar-refractivity contribution in [2.24, 2.45) is 0 Å². The predicted octanol–water partition coefficient (Wildman–Crippen LogP) is 4.75. The number of aromatic carboxylic acids is 1. The molecule has 3 rings (SSSR count). The van der Waals surface area contributed by atoms with E-state index in [9.17, 15) is 27.9 Å². The van der Waals surface area contributed by atoms with Crippen LogP contribution >= 0.6 is 0 Å². The summed E-state index contributed by atoms with van der Waals surface area (Å²) in [6.07, 6.45) is -3.71. The van der Waals surface area contributed by atoms with Crippen LogP contribution in [0, 0.1) is 0 Å². The van der Waals surface area contributed by atoms with Gasteiger partial charge in [0, 0.05) is 11.6 Å². The van der Waals surface area contributed by atoms with Crippen molar-refractivity contribution in [3.8, 4) is 5.75 Å². The molecule has 0 saturated carbocycles. The summed E-state index contributed by atoms with van der Waals surface area (Å²) in [6, 6.07) is 9.32. The number of carbonyl (C=O) groups is 2. The van der Waals surface area contributed by atoms with E-state index in [0.717, 1.165) is 12.1 Å². The van der Waals surface area contributed by atoms with Gasteiger partial charge in [-0.15, -0.1) is 13.2 Å². The lowest BCUT2D eigenvalue weighted by Gasteiger charge is -2.16. The van der Waals surface area contributed by atoms with Crippen LogP contribution in [0.5, 0.6) is 5.75 Å². The van der Waals surface area contributed by atoms with E-state index in [1.54, 1.807) is 13.0 Å². The predicted molar refractivity (Wildman–Crippen MR) is 101 cm³/mol. The third-order valence-electron chi connectivity index (χ3n) is 3.99. The summed E-state index contributed by atoms with van der Waals surface area (Å²) in [7, 11) is 0. The lowest BCUT2D eigenvalue weighted by molar-refractivity contribution is -0.274. The first kappa shape index (κ1) is 20.9. The molecule has 1 aromatic heterocycles. The van der Waals surface area contributed by atoms with Crippen LogP contribution in [-0.2, 0) is 4.74 Å². The Kier molecular flexibility index (Phi) is 5.77. The van der Waals surface area contributed by atoms with Gasteiger partial charge in [0.1, 0.15) is 11.3 Å². The molecule has 156 valence electrons. The fourth-order valence-electron chi connectivity index (χ4n) is 2.78. The zero-order chi connectivity index (χ0) is 21.9. The Bertz CT molecular complexity index is 1120. The molecule has 0 saturated heterocycles. The summed E-state index contributed by atoms with van der Waals surface area (Å²) >= 11 is 0. The summed E-state index contributed by atoms with van der Waals surface area (Å²) in [6.45, 7) is 1.65. The molecule has 0 fully saturated rings. The maximum Gasteiger partial charge on any atom is 0.573 e. The molecule has 30 heavy (non-hydrogen) atoms. The van der Waals surface area contributed by atoms with E-state index in [1.165, 1.54) is 30.5 Å². The van der Waals surface area contributed by atoms with Crippen LogP contribution in [0.25, 0.3) is 10.9 Å². The summed E-state index contributed by atoms with van der Waals surface area (Å²) in [5.74, 6) is -2.52. The van der Waals surface area contributed by atoms with Gasteiger partial charge in [0.25, 0.3) is 0 Å². The minimum atomic E-state index is -4.91. The number of halogens is 3. The Hall–Kier alpha value is -3.82. The number of carboxylic acids is 1. The number of alkyl halides is 3. The number of pyridine rings is 1. The van der Waals surface area contributed by atoms with Gasteiger partial charge >= 0.3 is 18.3 Å². The zero-order valence-electron chi connectivity index (χ0n) is 15.5. The Balaban J connectivity index is 2.21. The van der Waals surface area contributed by atoms with Crippen LogP contribution in [-0.4, -0.2) is 35.0 Å². The minimum absolute atomic E-state index is 0.0415. The first-order chi connectivity index (χ1) is 14.2. The Morgan fingerprint density at radius 3 is 2.53 bits per heavy atom. The highest BCUT2D eigenvalue weighted by atomic mass is 19.4. The molecule has 0 aliphatic carbocycles. The number of fused-ring (bicyclic) bond motifs is 1. The molecule has 0 atom stereocenters. The molecule has 1 heterocycles. The number of nitrogens with zero attached hydrogens (tertiary/aromatic N) is 1. The fraction of sp³-hybridized carbons (Fsp3) is 0.150. The zero-order valence-corrected chi connectivity index (χ0v) is 15.5. The molecule has 0 aliphatic heterocycles. The van der Waals surface area contributed by atoms with Gasteiger partial charge in [-0.3, -0.25) is 4.98 Å². The van der Waals surface area contributed by atoms with Crippen molar-refractivity contribution in [2.75, 3.05) is 11.9 Å². The van der Waals surface area contributed by atoms with Gasteiger partial charge in [-0.1, -0.05) is 12.1 Å². The van der Waals surface area contributed by atoms with E-state index >= 15 is 0 Å². The molecule has 2 aromatic carbocycles. The highest BCUT2D eigenvalue weighted by Gasteiger charge is 2.31. The van der Waals surface area contributed by atoms with E-state index in [2.05, 4.69) is 15.0 Å². The Labute approximate surface area is 168 Å².